The van der Waals surface area contributed by atoms with E-state index >= 15 is 0 Å². The average Bonchev–Trinajstić information content (AvgIpc) is 2.23. The highest BCUT2D eigenvalue weighted by atomic mass is 19.1. The van der Waals surface area contributed by atoms with Crippen LogP contribution in [0.25, 0.3) is 11.1 Å². The van der Waals surface area contributed by atoms with Crippen LogP contribution in [0.2, 0.25) is 0 Å². The van der Waals surface area contributed by atoms with E-state index in [4.69, 9.17) is 0 Å². The first-order valence-electron chi connectivity index (χ1n) is 4.21. The largest absolute Gasteiger partial charge is 0.326 e. The lowest BCUT2D eigenvalue weighted by molar-refractivity contribution is 0.609. The van der Waals surface area contributed by atoms with E-state index in [-0.39, 0.29) is 0 Å². The van der Waals surface area contributed by atoms with E-state index in [1.165, 1.54) is 12.3 Å². The zero-order valence-corrected chi connectivity index (χ0v) is 7.33. The lowest BCUT2D eigenvalue weighted by atomic mass is 10.1. The Kier molecular flexibility index (Phi) is 2.14. The minimum Gasteiger partial charge on any atom is -0.326 e. The molecule has 0 amide bonds. The molecule has 0 aliphatic rings. The Bertz CT molecular complexity index is 490. The van der Waals surface area contributed by atoms with Gasteiger partial charge in [-0.2, -0.15) is 0 Å². The fraction of sp³-hybridized carbons (Fsp3) is 0. The summed E-state index contributed by atoms with van der Waals surface area (Å²) in [4.78, 5) is 13.1. The number of aromatic nitrogens is 1. The molecule has 0 fully saturated rings. The van der Waals surface area contributed by atoms with Crippen molar-refractivity contribution in [3.63, 3.8) is 0 Å². The summed E-state index contributed by atoms with van der Waals surface area (Å²) in [6, 6.07) is 10.5. The summed E-state index contributed by atoms with van der Waals surface area (Å²) in [6.07, 6.45) is 1.50. The molecule has 1 heterocycles. The van der Waals surface area contributed by atoms with Crippen molar-refractivity contribution in [2.75, 3.05) is 0 Å². The van der Waals surface area contributed by atoms with Crippen molar-refractivity contribution in [1.29, 1.82) is 0 Å². The van der Waals surface area contributed by atoms with Gasteiger partial charge in [-0.15, -0.1) is 0 Å². The van der Waals surface area contributed by atoms with Gasteiger partial charge in [0.05, 0.1) is 0 Å². The van der Waals surface area contributed by atoms with Gasteiger partial charge in [0, 0.05) is 11.8 Å². The Hall–Kier alpha value is -1.90. The molecule has 2 aromatic rings. The van der Waals surface area contributed by atoms with Crippen molar-refractivity contribution < 1.29 is 4.39 Å². The van der Waals surface area contributed by atoms with Gasteiger partial charge in [-0.3, -0.25) is 4.79 Å². The average molecular weight is 189 g/mol. The second-order valence-corrected chi connectivity index (χ2v) is 2.93. The molecule has 1 N–H and O–H groups in total. The second kappa shape index (κ2) is 3.46. The summed E-state index contributed by atoms with van der Waals surface area (Å²) in [5.74, 6) is -0.758. The Morgan fingerprint density at radius 2 is 1.79 bits per heavy atom. The number of nitrogens with one attached hydrogen (secondary N) is 1. The number of hydrogen-bond donors (Lipinski definition) is 1. The standard InChI is InChI=1S/C11H8FNO/c12-10-6-9(7-13-11(10)14)8-4-2-1-3-5-8/h1-7H,(H,13,14). The van der Waals surface area contributed by atoms with Gasteiger partial charge in [0.15, 0.2) is 5.82 Å². The maximum absolute atomic E-state index is 12.9. The normalized spacial score (nSPS) is 10.1. The van der Waals surface area contributed by atoms with Crippen LogP contribution in [0.5, 0.6) is 0 Å². The molecule has 0 aliphatic heterocycles. The molecule has 70 valence electrons. The number of pyridine rings is 1. The molecule has 1 aromatic carbocycles. The third kappa shape index (κ3) is 1.57. The van der Waals surface area contributed by atoms with Crippen molar-refractivity contribution in [1.82, 2.24) is 4.98 Å². The fourth-order valence-electron chi connectivity index (χ4n) is 1.25. The smallest absolute Gasteiger partial charge is 0.283 e. The highest BCUT2D eigenvalue weighted by Gasteiger charge is 2.01. The predicted molar refractivity (Wildman–Crippen MR) is 52.5 cm³/mol. The molecule has 0 aliphatic carbocycles. The van der Waals surface area contributed by atoms with Gasteiger partial charge in [0.2, 0.25) is 0 Å². The Morgan fingerprint density at radius 3 is 2.43 bits per heavy atom. The molecule has 0 spiro atoms. The molecule has 2 nitrogen and oxygen atoms in total. The van der Waals surface area contributed by atoms with Gasteiger partial charge in [-0.25, -0.2) is 4.39 Å². The molecule has 2 rings (SSSR count). The minimum atomic E-state index is -0.758. The third-order valence-electron chi connectivity index (χ3n) is 1.97. The number of hydrogen-bond acceptors (Lipinski definition) is 1. The quantitative estimate of drug-likeness (QED) is 0.732. The van der Waals surface area contributed by atoms with Crippen LogP contribution in [0.15, 0.2) is 47.4 Å². The maximum Gasteiger partial charge on any atom is 0.283 e. The van der Waals surface area contributed by atoms with Crippen LogP contribution in [0.4, 0.5) is 4.39 Å². The van der Waals surface area contributed by atoms with Crippen LogP contribution in [0.1, 0.15) is 0 Å². The van der Waals surface area contributed by atoms with Crippen molar-refractivity contribution in [2.45, 2.75) is 0 Å². The van der Waals surface area contributed by atoms with Gasteiger partial charge >= 0.3 is 0 Å². The molecule has 0 radical (unpaired) electrons. The highest BCUT2D eigenvalue weighted by Crippen LogP contribution is 2.16. The van der Waals surface area contributed by atoms with Crippen LogP contribution in [-0.2, 0) is 0 Å². The maximum atomic E-state index is 12.9. The van der Waals surface area contributed by atoms with E-state index in [1.807, 2.05) is 30.3 Å². The Balaban J connectivity index is 2.54. The van der Waals surface area contributed by atoms with E-state index in [1.54, 1.807) is 0 Å². The van der Waals surface area contributed by atoms with E-state index in [0.717, 1.165) is 5.56 Å². The summed E-state index contributed by atoms with van der Waals surface area (Å²) in [5.41, 5.74) is 0.857. The summed E-state index contributed by atoms with van der Waals surface area (Å²) in [5, 5.41) is 0. The van der Waals surface area contributed by atoms with Crippen LogP contribution >= 0.6 is 0 Å². The molecular formula is C11H8FNO. The first-order valence-corrected chi connectivity index (χ1v) is 4.21. The first-order chi connectivity index (χ1) is 6.77. The van der Waals surface area contributed by atoms with E-state index < -0.39 is 11.4 Å². The summed E-state index contributed by atoms with van der Waals surface area (Å²) >= 11 is 0. The lowest BCUT2D eigenvalue weighted by Gasteiger charge is -1.99. The molecule has 3 heteroatoms. The molecule has 0 unspecified atom stereocenters. The number of halogens is 1. The number of rotatable bonds is 1. The first kappa shape index (κ1) is 8.69. The molecule has 0 saturated carbocycles. The van der Waals surface area contributed by atoms with Crippen LogP contribution < -0.4 is 5.56 Å². The topological polar surface area (TPSA) is 32.9 Å². The molecular weight excluding hydrogens is 181 g/mol. The fourth-order valence-corrected chi connectivity index (χ4v) is 1.25. The molecule has 14 heavy (non-hydrogen) atoms. The van der Waals surface area contributed by atoms with Crippen molar-refractivity contribution in [3.05, 3.63) is 58.8 Å². The van der Waals surface area contributed by atoms with E-state index in [9.17, 15) is 9.18 Å². The Labute approximate surface area is 80.0 Å². The molecule has 0 bridgehead atoms. The predicted octanol–water partition coefficient (Wildman–Crippen LogP) is 2.18. The molecule has 1 aromatic heterocycles. The lowest BCUT2D eigenvalue weighted by Crippen LogP contribution is -2.09. The zero-order valence-electron chi connectivity index (χ0n) is 7.33. The summed E-state index contributed by atoms with van der Waals surface area (Å²) < 4.78 is 12.9. The van der Waals surface area contributed by atoms with E-state index in [2.05, 4.69) is 4.98 Å². The van der Waals surface area contributed by atoms with Gasteiger partial charge in [0.1, 0.15) is 0 Å². The van der Waals surface area contributed by atoms with E-state index in [0.29, 0.717) is 5.56 Å². The van der Waals surface area contributed by atoms with Crippen molar-refractivity contribution in [3.8, 4) is 11.1 Å². The van der Waals surface area contributed by atoms with Crippen LogP contribution in [0, 0.1) is 5.82 Å². The second-order valence-electron chi connectivity index (χ2n) is 2.93. The molecule has 0 saturated heterocycles. The van der Waals surface area contributed by atoms with Crippen molar-refractivity contribution in [2.24, 2.45) is 0 Å². The zero-order chi connectivity index (χ0) is 9.97. The van der Waals surface area contributed by atoms with Gasteiger partial charge in [-0.05, 0) is 11.6 Å². The summed E-state index contributed by atoms with van der Waals surface area (Å²) in [6.45, 7) is 0. The number of H-pyrrole nitrogens is 1. The number of benzene rings is 1. The monoisotopic (exact) mass is 189 g/mol. The van der Waals surface area contributed by atoms with Crippen molar-refractivity contribution >= 4 is 0 Å². The van der Waals surface area contributed by atoms with Crippen LogP contribution in [-0.4, -0.2) is 4.98 Å². The Morgan fingerprint density at radius 1 is 1.07 bits per heavy atom. The third-order valence-corrected chi connectivity index (χ3v) is 1.97. The van der Waals surface area contributed by atoms with Gasteiger partial charge in [0.25, 0.3) is 5.56 Å². The van der Waals surface area contributed by atoms with Gasteiger partial charge in [-0.1, -0.05) is 30.3 Å². The highest BCUT2D eigenvalue weighted by molar-refractivity contribution is 5.61. The molecule has 0 atom stereocenters. The summed E-state index contributed by atoms with van der Waals surface area (Å²) in [7, 11) is 0. The van der Waals surface area contributed by atoms with Gasteiger partial charge < -0.3 is 4.98 Å². The number of aromatic amines is 1. The van der Waals surface area contributed by atoms with Crippen LogP contribution in [0.3, 0.4) is 0 Å². The SMILES string of the molecule is O=c1[nH]cc(-c2ccccc2)cc1F. The minimum absolute atomic E-state index is 0.669.